The van der Waals surface area contributed by atoms with Gasteiger partial charge in [0.2, 0.25) is 0 Å². The fraction of sp³-hybridized carbons (Fsp3) is 0.471. The zero-order valence-electron chi connectivity index (χ0n) is 14.4. The van der Waals surface area contributed by atoms with Crippen LogP contribution in [0.2, 0.25) is 0 Å². The van der Waals surface area contributed by atoms with Gasteiger partial charge in [0.05, 0.1) is 12.2 Å². The van der Waals surface area contributed by atoms with Gasteiger partial charge in [0.1, 0.15) is 5.00 Å². The normalized spacial score (nSPS) is 10.9. The number of carbonyl (C=O) groups excluding carboxylic acids is 3. The number of anilines is 1. The molecular formula is C17H23NO5S. The van der Waals surface area contributed by atoms with Crippen molar-refractivity contribution in [3.05, 3.63) is 28.7 Å². The summed E-state index contributed by atoms with van der Waals surface area (Å²) >= 11 is 1.26. The Balaban J connectivity index is 2.86. The van der Waals surface area contributed by atoms with Gasteiger partial charge in [-0.3, -0.25) is 4.79 Å². The molecule has 1 amide bonds. The van der Waals surface area contributed by atoms with Crippen molar-refractivity contribution < 1.29 is 23.9 Å². The Morgan fingerprint density at radius 1 is 1.29 bits per heavy atom. The Kier molecular flexibility index (Phi) is 8.18. The summed E-state index contributed by atoms with van der Waals surface area (Å²) in [5.41, 5.74) is 1.22. The van der Waals surface area contributed by atoms with E-state index >= 15 is 0 Å². The number of amides is 1. The molecule has 0 bridgehead atoms. The minimum atomic E-state index is -0.593. The zero-order valence-corrected chi connectivity index (χ0v) is 15.2. The Morgan fingerprint density at radius 3 is 2.58 bits per heavy atom. The molecule has 0 fully saturated rings. The molecule has 6 nitrogen and oxygen atoms in total. The second-order valence-electron chi connectivity index (χ2n) is 5.44. The highest BCUT2D eigenvalue weighted by molar-refractivity contribution is 7.15. The van der Waals surface area contributed by atoms with E-state index in [1.54, 1.807) is 13.8 Å². The SMILES string of the molecule is C/C=C/C(=O)OCC(=O)Nc1scc(CC(C)C)c1C(=O)OCC. The first-order valence-corrected chi connectivity index (χ1v) is 8.63. The van der Waals surface area contributed by atoms with Crippen molar-refractivity contribution in [2.75, 3.05) is 18.5 Å². The molecule has 0 spiro atoms. The minimum absolute atomic E-state index is 0.254. The lowest BCUT2D eigenvalue weighted by Crippen LogP contribution is -2.21. The van der Waals surface area contributed by atoms with Crippen molar-refractivity contribution in [3.63, 3.8) is 0 Å². The van der Waals surface area contributed by atoms with Gasteiger partial charge in [0, 0.05) is 6.08 Å². The van der Waals surface area contributed by atoms with Gasteiger partial charge in [-0.15, -0.1) is 11.3 Å². The molecule has 1 aromatic heterocycles. The molecule has 0 aliphatic heterocycles. The molecule has 0 saturated carbocycles. The van der Waals surface area contributed by atoms with Crippen molar-refractivity contribution in [2.45, 2.75) is 34.1 Å². The highest BCUT2D eigenvalue weighted by Crippen LogP contribution is 2.30. The molecule has 24 heavy (non-hydrogen) atoms. The van der Waals surface area contributed by atoms with Gasteiger partial charge < -0.3 is 14.8 Å². The summed E-state index contributed by atoms with van der Waals surface area (Å²) in [5, 5.41) is 4.87. The fourth-order valence-corrected chi connectivity index (χ4v) is 2.97. The number of carbonyl (C=O) groups is 3. The van der Waals surface area contributed by atoms with E-state index in [1.165, 1.54) is 23.5 Å². The average molecular weight is 353 g/mol. The monoisotopic (exact) mass is 353 g/mol. The van der Waals surface area contributed by atoms with Crippen molar-refractivity contribution in [1.29, 1.82) is 0 Å². The molecule has 0 saturated heterocycles. The molecule has 1 rings (SSSR count). The molecule has 1 N–H and O–H groups in total. The van der Waals surface area contributed by atoms with Gasteiger partial charge in [0.25, 0.3) is 5.91 Å². The molecule has 0 unspecified atom stereocenters. The van der Waals surface area contributed by atoms with Gasteiger partial charge in [-0.05, 0) is 37.1 Å². The van der Waals surface area contributed by atoms with E-state index in [1.807, 2.05) is 19.2 Å². The lowest BCUT2D eigenvalue weighted by Gasteiger charge is -2.09. The highest BCUT2D eigenvalue weighted by Gasteiger charge is 2.22. The minimum Gasteiger partial charge on any atom is -0.462 e. The van der Waals surface area contributed by atoms with E-state index in [-0.39, 0.29) is 6.61 Å². The van der Waals surface area contributed by atoms with E-state index < -0.39 is 24.5 Å². The van der Waals surface area contributed by atoms with E-state index in [0.29, 0.717) is 22.9 Å². The van der Waals surface area contributed by atoms with Crippen LogP contribution >= 0.6 is 11.3 Å². The quantitative estimate of drug-likeness (QED) is 0.573. The molecule has 0 aliphatic rings. The molecular weight excluding hydrogens is 330 g/mol. The second-order valence-corrected chi connectivity index (χ2v) is 6.32. The summed E-state index contributed by atoms with van der Waals surface area (Å²) in [6.45, 7) is 7.34. The van der Waals surface area contributed by atoms with Gasteiger partial charge in [0.15, 0.2) is 6.61 Å². The maximum atomic E-state index is 12.2. The predicted octanol–water partition coefficient (Wildman–Crippen LogP) is 3.18. The maximum Gasteiger partial charge on any atom is 0.341 e. The lowest BCUT2D eigenvalue weighted by atomic mass is 10.0. The van der Waals surface area contributed by atoms with Crippen LogP contribution < -0.4 is 5.32 Å². The Bertz CT molecular complexity index is 618. The van der Waals surface area contributed by atoms with Crippen LogP contribution in [0.5, 0.6) is 0 Å². The third-order valence-electron chi connectivity index (χ3n) is 2.88. The van der Waals surface area contributed by atoms with Gasteiger partial charge in [-0.2, -0.15) is 0 Å². The van der Waals surface area contributed by atoms with Crippen LogP contribution in [-0.4, -0.2) is 31.1 Å². The highest BCUT2D eigenvalue weighted by atomic mass is 32.1. The lowest BCUT2D eigenvalue weighted by molar-refractivity contribution is -0.142. The van der Waals surface area contributed by atoms with Gasteiger partial charge >= 0.3 is 11.9 Å². The average Bonchev–Trinajstić information content (AvgIpc) is 2.87. The van der Waals surface area contributed by atoms with Crippen LogP contribution in [0.3, 0.4) is 0 Å². The van der Waals surface area contributed by atoms with Crippen LogP contribution in [0.25, 0.3) is 0 Å². The Morgan fingerprint density at radius 2 is 2.00 bits per heavy atom. The number of hydrogen-bond acceptors (Lipinski definition) is 6. The van der Waals surface area contributed by atoms with Crippen molar-refractivity contribution in [3.8, 4) is 0 Å². The topological polar surface area (TPSA) is 81.7 Å². The number of thiophene rings is 1. The van der Waals surface area contributed by atoms with Crippen LogP contribution in [0, 0.1) is 5.92 Å². The number of rotatable bonds is 8. The van der Waals surface area contributed by atoms with Crippen LogP contribution in [0.4, 0.5) is 5.00 Å². The number of allylic oxidation sites excluding steroid dienone is 1. The van der Waals surface area contributed by atoms with Crippen molar-refractivity contribution >= 4 is 34.2 Å². The number of esters is 2. The van der Waals surface area contributed by atoms with Crippen LogP contribution in [-0.2, 0) is 25.5 Å². The van der Waals surface area contributed by atoms with Crippen molar-refractivity contribution in [2.24, 2.45) is 5.92 Å². The largest absolute Gasteiger partial charge is 0.462 e. The predicted molar refractivity (Wildman–Crippen MR) is 93.2 cm³/mol. The summed E-state index contributed by atoms with van der Waals surface area (Å²) in [7, 11) is 0. The first-order chi connectivity index (χ1) is 11.4. The standard InChI is InChI=1S/C17H23NO5S/c1-5-7-14(20)23-9-13(19)18-16-15(17(21)22-6-2)12(10-24-16)8-11(3)4/h5,7,10-11H,6,8-9H2,1-4H3,(H,18,19)/b7-5+. The van der Waals surface area contributed by atoms with E-state index in [4.69, 9.17) is 9.47 Å². The molecule has 0 aliphatic carbocycles. The van der Waals surface area contributed by atoms with E-state index in [0.717, 1.165) is 5.56 Å². The van der Waals surface area contributed by atoms with Crippen LogP contribution in [0.15, 0.2) is 17.5 Å². The Labute approximate surface area is 145 Å². The van der Waals surface area contributed by atoms with Gasteiger partial charge in [-0.25, -0.2) is 9.59 Å². The summed E-state index contributed by atoms with van der Waals surface area (Å²) < 4.78 is 9.87. The molecule has 7 heteroatoms. The van der Waals surface area contributed by atoms with E-state index in [2.05, 4.69) is 5.32 Å². The third-order valence-corrected chi connectivity index (χ3v) is 3.82. The number of hydrogen-bond donors (Lipinski definition) is 1. The van der Waals surface area contributed by atoms with Gasteiger partial charge in [-0.1, -0.05) is 19.9 Å². The maximum absolute atomic E-state index is 12.2. The summed E-state index contributed by atoms with van der Waals surface area (Å²) in [4.78, 5) is 35.4. The van der Waals surface area contributed by atoms with Crippen LogP contribution in [0.1, 0.15) is 43.6 Å². The fourth-order valence-electron chi connectivity index (χ4n) is 1.99. The smallest absolute Gasteiger partial charge is 0.341 e. The molecule has 1 aromatic rings. The first kappa shape index (κ1) is 19.9. The van der Waals surface area contributed by atoms with Crippen molar-refractivity contribution in [1.82, 2.24) is 0 Å². The zero-order chi connectivity index (χ0) is 18.1. The van der Waals surface area contributed by atoms with E-state index in [9.17, 15) is 14.4 Å². The molecule has 0 radical (unpaired) electrons. The molecule has 1 heterocycles. The summed E-state index contributed by atoms with van der Waals surface area (Å²) in [6, 6.07) is 0. The third kappa shape index (κ3) is 6.16. The summed E-state index contributed by atoms with van der Waals surface area (Å²) in [5.74, 6) is -1.20. The Hall–Kier alpha value is -2.15. The molecule has 132 valence electrons. The first-order valence-electron chi connectivity index (χ1n) is 7.75. The number of nitrogens with one attached hydrogen (secondary N) is 1. The molecule has 0 atom stereocenters. The molecule has 0 aromatic carbocycles. The second kappa shape index (κ2) is 9.87. The summed E-state index contributed by atoms with van der Waals surface area (Å²) in [6.07, 6.45) is 3.45. The number of ether oxygens (including phenoxy) is 2.